The van der Waals surface area contributed by atoms with Gasteiger partial charge in [-0.15, -0.1) is 5.10 Å². The fourth-order valence-corrected chi connectivity index (χ4v) is 3.43. The summed E-state index contributed by atoms with van der Waals surface area (Å²) in [6.45, 7) is 1.69. The number of hydrogen-bond donors (Lipinski definition) is 3. The molecule has 0 unspecified atom stereocenters. The van der Waals surface area contributed by atoms with Crippen LogP contribution in [0.2, 0.25) is 0 Å². The number of hydrogen-bond acceptors (Lipinski definition) is 5. The molecular weight excluding hydrogens is 380 g/mol. The highest BCUT2D eigenvalue weighted by Gasteiger charge is 2.16. The van der Waals surface area contributed by atoms with E-state index in [9.17, 15) is 9.59 Å². The van der Waals surface area contributed by atoms with E-state index >= 15 is 0 Å². The van der Waals surface area contributed by atoms with Crippen molar-refractivity contribution in [3.05, 3.63) is 60.2 Å². The van der Waals surface area contributed by atoms with Crippen molar-refractivity contribution in [3.63, 3.8) is 0 Å². The summed E-state index contributed by atoms with van der Waals surface area (Å²) < 4.78 is 0. The predicted molar refractivity (Wildman–Crippen MR) is 115 cm³/mol. The Morgan fingerprint density at radius 2 is 1.63 bits per heavy atom. The number of carbonyl (C=O) groups excluding carboxylic acids is 2. The Bertz CT molecular complexity index is 994. The normalized spacial score (nSPS) is 13.7. The van der Waals surface area contributed by atoms with Crippen LogP contribution in [0.25, 0.3) is 11.1 Å². The van der Waals surface area contributed by atoms with Gasteiger partial charge in [0.15, 0.2) is 0 Å². The molecule has 0 spiro atoms. The van der Waals surface area contributed by atoms with Crippen molar-refractivity contribution in [3.8, 4) is 11.1 Å². The quantitative estimate of drug-likeness (QED) is 0.586. The number of nitrogens with one attached hydrogen (secondary N) is 3. The third-order valence-electron chi connectivity index (χ3n) is 5.03. The van der Waals surface area contributed by atoms with E-state index in [1.807, 2.05) is 42.5 Å². The Hall–Kier alpha value is -3.68. The van der Waals surface area contributed by atoms with Gasteiger partial charge >= 0.3 is 0 Å². The monoisotopic (exact) mass is 404 g/mol. The number of rotatable bonds is 6. The lowest BCUT2D eigenvalue weighted by atomic mass is 10.0. The molecule has 4 rings (SSSR count). The molecule has 0 radical (unpaired) electrons. The highest BCUT2D eigenvalue weighted by Crippen LogP contribution is 2.19. The zero-order valence-electron chi connectivity index (χ0n) is 16.6. The van der Waals surface area contributed by atoms with Gasteiger partial charge in [0.25, 0.3) is 5.91 Å². The molecule has 0 atom stereocenters. The van der Waals surface area contributed by atoms with Gasteiger partial charge in [-0.2, -0.15) is 4.98 Å². The van der Waals surface area contributed by atoms with E-state index in [4.69, 9.17) is 0 Å². The number of piperidine rings is 1. The molecular formula is C22H24N6O2. The smallest absolute Gasteiger partial charge is 0.251 e. The predicted octanol–water partition coefficient (Wildman–Crippen LogP) is 2.83. The first-order valence-corrected chi connectivity index (χ1v) is 10.1. The van der Waals surface area contributed by atoms with Crippen LogP contribution in [0.15, 0.2) is 54.6 Å². The highest BCUT2D eigenvalue weighted by molar-refractivity contribution is 5.99. The second kappa shape index (κ2) is 9.21. The number of aromatic amines is 1. The van der Waals surface area contributed by atoms with E-state index in [2.05, 4.69) is 30.7 Å². The molecule has 2 aromatic carbocycles. The third-order valence-corrected chi connectivity index (χ3v) is 5.03. The summed E-state index contributed by atoms with van der Waals surface area (Å²) in [4.78, 5) is 30.9. The van der Waals surface area contributed by atoms with Crippen LogP contribution >= 0.6 is 0 Å². The molecule has 1 fully saturated rings. The first-order chi connectivity index (χ1) is 14.7. The van der Waals surface area contributed by atoms with Gasteiger partial charge in [0, 0.05) is 18.7 Å². The number of amides is 2. The Morgan fingerprint density at radius 1 is 0.933 bits per heavy atom. The first kappa shape index (κ1) is 19.6. The van der Waals surface area contributed by atoms with E-state index in [0.29, 0.717) is 11.5 Å². The lowest BCUT2D eigenvalue weighted by Gasteiger charge is -2.24. The molecule has 8 nitrogen and oxygen atoms in total. The average Bonchev–Trinajstić information content (AvgIpc) is 3.27. The van der Waals surface area contributed by atoms with Crippen molar-refractivity contribution in [1.82, 2.24) is 20.5 Å². The average molecular weight is 404 g/mol. The third kappa shape index (κ3) is 4.83. The summed E-state index contributed by atoms with van der Waals surface area (Å²) in [5.74, 6) is 0.191. The van der Waals surface area contributed by atoms with Gasteiger partial charge in [-0.3, -0.25) is 14.9 Å². The van der Waals surface area contributed by atoms with E-state index in [1.54, 1.807) is 12.1 Å². The lowest BCUT2D eigenvalue weighted by Crippen LogP contribution is -2.33. The molecule has 30 heavy (non-hydrogen) atoms. The minimum atomic E-state index is -0.370. The van der Waals surface area contributed by atoms with Crippen LogP contribution in [0.1, 0.15) is 29.6 Å². The van der Waals surface area contributed by atoms with E-state index in [0.717, 1.165) is 37.1 Å². The summed E-state index contributed by atoms with van der Waals surface area (Å²) >= 11 is 0. The van der Waals surface area contributed by atoms with Crippen LogP contribution in [0, 0.1) is 0 Å². The van der Waals surface area contributed by atoms with Gasteiger partial charge in [-0.05, 0) is 42.5 Å². The Labute approximate surface area is 174 Å². The van der Waals surface area contributed by atoms with Crippen molar-refractivity contribution >= 4 is 23.7 Å². The molecule has 1 saturated heterocycles. The zero-order valence-corrected chi connectivity index (χ0v) is 16.6. The summed E-state index contributed by atoms with van der Waals surface area (Å²) in [5, 5.41) is 12.1. The van der Waals surface area contributed by atoms with Crippen LogP contribution in [0.4, 0.5) is 11.9 Å². The standard InChI is InChI=1S/C22H24N6O2/c29-19(24-21-25-22(27-26-21)28-13-5-2-6-14-28)15-23-20(30)18-11-9-17(10-12-18)16-7-3-1-4-8-16/h1,3-4,7-12H,2,5-6,13-15H2,(H,23,30)(H2,24,25,26,27,29). The SMILES string of the molecule is O=C(CNC(=O)c1ccc(-c2ccccc2)cc1)Nc1nc(N2CCCCC2)n[nH]1. The highest BCUT2D eigenvalue weighted by atomic mass is 16.2. The number of carbonyl (C=O) groups is 2. The van der Waals surface area contributed by atoms with Crippen LogP contribution in [-0.2, 0) is 4.79 Å². The Balaban J connectivity index is 1.27. The van der Waals surface area contributed by atoms with Crippen molar-refractivity contribution in [2.24, 2.45) is 0 Å². The van der Waals surface area contributed by atoms with Crippen LogP contribution in [0.5, 0.6) is 0 Å². The second-order valence-electron chi connectivity index (χ2n) is 7.21. The van der Waals surface area contributed by atoms with Crippen molar-refractivity contribution in [2.75, 3.05) is 29.9 Å². The molecule has 0 saturated carbocycles. The molecule has 8 heteroatoms. The maximum atomic E-state index is 12.3. The molecule has 154 valence electrons. The van der Waals surface area contributed by atoms with Gasteiger partial charge in [0.2, 0.25) is 17.8 Å². The van der Waals surface area contributed by atoms with Crippen LogP contribution < -0.4 is 15.5 Å². The number of H-pyrrole nitrogens is 1. The van der Waals surface area contributed by atoms with Crippen LogP contribution in [-0.4, -0.2) is 46.6 Å². The first-order valence-electron chi connectivity index (χ1n) is 10.1. The number of aromatic nitrogens is 3. The number of benzene rings is 2. The minimum absolute atomic E-state index is 0.154. The van der Waals surface area contributed by atoms with E-state index in [-0.39, 0.29) is 24.3 Å². The van der Waals surface area contributed by atoms with Gasteiger partial charge in [-0.25, -0.2) is 5.10 Å². The molecule has 0 aliphatic carbocycles. The largest absolute Gasteiger partial charge is 0.343 e. The zero-order chi connectivity index (χ0) is 20.8. The van der Waals surface area contributed by atoms with Crippen LogP contribution in [0.3, 0.4) is 0 Å². The van der Waals surface area contributed by atoms with E-state index in [1.165, 1.54) is 6.42 Å². The topological polar surface area (TPSA) is 103 Å². The summed E-state index contributed by atoms with van der Waals surface area (Å²) in [5.41, 5.74) is 2.61. The molecule has 2 heterocycles. The van der Waals surface area contributed by atoms with Gasteiger partial charge in [0.05, 0.1) is 6.54 Å². The lowest BCUT2D eigenvalue weighted by molar-refractivity contribution is -0.115. The summed E-state index contributed by atoms with van der Waals surface area (Å²) in [7, 11) is 0. The Morgan fingerprint density at radius 3 is 2.37 bits per heavy atom. The summed E-state index contributed by atoms with van der Waals surface area (Å²) in [6, 6.07) is 17.2. The Kier molecular flexibility index (Phi) is 6.03. The van der Waals surface area contributed by atoms with E-state index < -0.39 is 0 Å². The fraction of sp³-hybridized carbons (Fsp3) is 0.273. The minimum Gasteiger partial charge on any atom is -0.343 e. The molecule has 3 N–H and O–H groups in total. The van der Waals surface area contributed by atoms with Gasteiger partial charge < -0.3 is 10.2 Å². The fourth-order valence-electron chi connectivity index (χ4n) is 3.43. The van der Waals surface area contributed by atoms with Gasteiger partial charge in [0.1, 0.15) is 0 Å². The number of anilines is 2. The molecule has 2 amide bonds. The van der Waals surface area contributed by atoms with Crippen molar-refractivity contribution in [1.29, 1.82) is 0 Å². The van der Waals surface area contributed by atoms with Crippen molar-refractivity contribution in [2.45, 2.75) is 19.3 Å². The summed E-state index contributed by atoms with van der Waals surface area (Å²) in [6.07, 6.45) is 3.46. The number of nitrogens with zero attached hydrogens (tertiary/aromatic N) is 3. The maximum Gasteiger partial charge on any atom is 0.251 e. The molecule has 0 bridgehead atoms. The second-order valence-corrected chi connectivity index (χ2v) is 7.21. The van der Waals surface area contributed by atoms with Crippen molar-refractivity contribution < 1.29 is 9.59 Å². The maximum absolute atomic E-state index is 12.3. The van der Waals surface area contributed by atoms with Gasteiger partial charge in [-0.1, -0.05) is 42.5 Å². The molecule has 1 aromatic heterocycles. The molecule has 3 aromatic rings. The molecule has 1 aliphatic heterocycles. The molecule has 1 aliphatic rings.